The smallest absolute Gasteiger partial charge is 0.405 e. The number of amides is 3. The molecular formula is C27H33ClN6O5. The highest BCUT2D eigenvalue weighted by Gasteiger charge is 2.21. The highest BCUT2D eigenvalue weighted by molar-refractivity contribution is 6.32. The number of likely N-dealkylation sites (N-methyl/N-ethyl adjacent to an activating group) is 1. The van der Waals surface area contributed by atoms with Gasteiger partial charge in [0.15, 0.2) is 0 Å². The summed E-state index contributed by atoms with van der Waals surface area (Å²) in [5, 5.41) is 14.5. The van der Waals surface area contributed by atoms with E-state index in [1.54, 1.807) is 38.6 Å². The highest BCUT2D eigenvalue weighted by Crippen LogP contribution is 2.27. The van der Waals surface area contributed by atoms with E-state index in [1.807, 2.05) is 6.07 Å². The first-order valence-electron chi connectivity index (χ1n) is 12.5. The van der Waals surface area contributed by atoms with Crippen LogP contribution in [0.4, 0.5) is 10.5 Å². The Bertz CT molecular complexity index is 1440. The summed E-state index contributed by atoms with van der Waals surface area (Å²) in [6, 6.07) is 3.80. The van der Waals surface area contributed by atoms with Crippen LogP contribution in [0.5, 0.6) is 0 Å². The molecule has 0 aliphatic carbocycles. The molecule has 12 heteroatoms. The lowest BCUT2D eigenvalue weighted by atomic mass is 10.0. The van der Waals surface area contributed by atoms with Crippen LogP contribution in [0.3, 0.4) is 0 Å². The molecule has 0 radical (unpaired) electrons. The van der Waals surface area contributed by atoms with Crippen molar-refractivity contribution in [1.82, 2.24) is 24.8 Å². The molecule has 208 valence electrons. The Morgan fingerprint density at radius 2 is 2.03 bits per heavy atom. The summed E-state index contributed by atoms with van der Waals surface area (Å²) in [5.41, 5.74) is 2.83. The Balaban J connectivity index is 1.77. The van der Waals surface area contributed by atoms with Crippen LogP contribution in [-0.4, -0.2) is 62.6 Å². The van der Waals surface area contributed by atoms with E-state index < -0.39 is 23.6 Å². The van der Waals surface area contributed by atoms with Gasteiger partial charge in [-0.1, -0.05) is 31.5 Å². The minimum atomic E-state index is -1.38. The number of carbonyl (C=O) groups is 3. The quantitative estimate of drug-likeness (QED) is 0.265. The fourth-order valence-corrected chi connectivity index (χ4v) is 4.24. The number of aromatic nitrogens is 3. The first-order chi connectivity index (χ1) is 18.5. The van der Waals surface area contributed by atoms with Gasteiger partial charge in [-0.3, -0.25) is 19.4 Å². The van der Waals surface area contributed by atoms with Gasteiger partial charge < -0.3 is 30.2 Å². The van der Waals surface area contributed by atoms with Crippen LogP contribution >= 0.6 is 11.6 Å². The molecular weight excluding hydrogens is 524 g/mol. The lowest BCUT2D eigenvalue weighted by Gasteiger charge is -2.16. The molecule has 3 rings (SSSR count). The van der Waals surface area contributed by atoms with Crippen molar-refractivity contribution in [3.05, 3.63) is 69.4 Å². The van der Waals surface area contributed by atoms with Crippen molar-refractivity contribution in [1.29, 1.82) is 0 Å². The summed E-state index contributed by atoms with van der Waals surface area (Å²) in [7, 11) is 3.21. The van der Waals surface area contributed by atoms with Gasteiger partial charge >= 0.3 is 6.09 Å². The van der Waals surface area contributed by atoms with Crippen molar-refractivity contribution >= 4 is 46.2 Å². The van der Waals surface area contributed by atoms with Crippen LogP contribution in [0.2, 0.25) is 5.02 Å². The fraction of sp³-hybridized carbons (Fsp3) is 0.370. The monoisotopic (exact) mass is 556 g/mol. The summed E-state index contributed by atoms with van der Waals surface area (Å²) >= 11 is 6.39. The Kier molecular flexibility index (Phi) is 9.89. The zero-order valence-electron chi connectivity index (χ0n) is 22.3. The van der Waals surface area contributed by atoms with Gasteiger partial charge in [0.1, 0.15) is 11.7 Å². The third-order valence-electron chi connectivity index (χ3n) is 5.93. The number of nitrogens with one attached hydrogen (secondary N) is 3. The number of hydrogen-bond acceptors (Lipinski definition) is 5. The minimum absolute atomic E-state index is 0.00999. The number of hydrogen-bond donors (Lipinski definition) is 4. The molecule has 0 spiro atoms. The summed E-state index contributed by atoms with van der Waals surface area (Å²) in [4.78, 5) is 58.0. The maximum atomic E-state index is 13.1. The standard InChI is InChI=1S/C27H33ClN6O5/c1-16(2)12-18-19(28)14-29-22-13-17(30-24(18)22)15-34-11-7-9-21(26(34)37)31-25(36)20(32-27(38)39)8-5-6-10-23(35)33(3)4/h6-7,9-11,13-14,16,20,30,32H,5,8,12,15H2,1-4H3,(H,31,36)(H,38,39)/b10-6+. The number of allylic oxidation sites excluding steroid dienone is 1. The average molecular weight is 557 g/mol. The molecule has 3 aromatic heterocycles. The average Bonchev–Trinajstić information content (AvgIpc) is 3.27. The summed E-state index contributed by atoms with van der Waals surface area (Å²) in [6.07, 6.45) is 5.90. The molecule has 4 N–H and O–H groups in total. The number of rotatable bonds is 11. The van der Waals surface area contributed by atoms with Gasteiger partial charge in [-0.2, -0.15) is 0 Å². The second-order valence-electron chi connectivity index (χ2n) is 9.80. The number of carbonyl (C=O) groups excluding carboxylic acids is 2. The maximum absolute atomic E-state index is 13.1. The second kappa shape index (κ2) is 13.1. The Hall–Kier alpha value is -4.12. The molecule has 11 nitrogen and oxygen atoms in total. The molecule has 1 unspecified atom stereocenters. The van der Waals surface area contributed by atoms with Gasteiger partial charge in [0, 0.05) is 32.2 Å². The van der Waals surface area contributed by atoms with Crippen molar-refractivity contribution in [2.24, 2.45) is 5.92 Å². The number of halogens is 1. The summed E-state index contributed by atoms with van der Waals surface area (Å²) < 4.78 is 1.43. The molecule has 3 heterocycles. The fourth-order valence-electron chi connectivity index (χ4n) is 4.02. The van der Waals surface area contributed by atoms with E-state index in [4.69, 9.17) is 11.6 Å². The second-order valence-corrected chi connectivity index (χ2v) is 10.2. The molecule has 0 fully saturated rings. The van der Waals surface area contributed by atoms with E-state index in [1.165, 1.54) is 21.6 Å². The summed E-state index contributed by atoms with van der Waals surface area (Å²) in [5.74, 6) is -0.516. The summed E-state index contributed by atoms with van der Waals surface area (Å²) in [6.45, 7) is 4.40. The normalized spacial score (nSPS) is 12.2. The predicted molar refractivity (Wildman–Crippen MR) is 150 cm³/mol. The van der Waals surface area contributed by atoms with E-state index in [0.29, 0.717) is 10.9 Å². The number of carboxylic acid groups (broad SMARTS) is 1. The van der Waals surface area contributed by atoms with E-state index in [2.05, 4.69) is 34.4 Å². The highest BCUT2D eigenvalue weighted by atomic mass is 35.5. The zero-order chi connectivity index (χ0) is 28.7. The zero-order valence-corrected chi connectivity index (χ0v) is 23.1. The lowest BCUT2D eigenvalue weighted by Crippen LogP contribution is -2.44. The molecule has 0 saturated heterocycles. The largest absolute Gasteiger partial charge is 0.465 e. The Labute approximate surface area is 230 Å². The van der Waals surface area contributed by atoms with Gasteiger partial charge in [0.2, 0.25) is 11.8 Å². The lowest BCUT2D eigenvalue weighted by molar-refractivity contribution is -0.123. The molecule has 0 aliphatic heterocycles. The number of aromatic amines is 1. The van der Waals surface area contributed by atoms with Gasteiger partial charge in [-0.25, -0.2) is 4.79 Å². The molecule has 0 saturated carbocycles. The van der Waals surface area contributed by atoms with E-state index in [9.17, 15) is 24.3 Å². The first kappa shape index (κ1) is 29.4. The maximum Gasteiger partial charge on any atom is 0.405 e. The predicted octanol–water partition coefficient (Wildman–Crippen LogP) is 3.62. The molecule has 3 amide bonds. The van der Waals surface area contributed by atoms with Crippen molar-refractivity contribution < 1.29 is 19.5 Å². The molecule has 3 aromatic rings. The van der Waals surface area contributed by atoms with Crippen LogP contribution in [0, 0.1) is 5.92 Å². The van der Waals surface area contributed by atoms with Crippen LogP contribution in [0.15, 0.2) is 47.5 Å². The third-order valence-corrected chi connectivity index (χ3v) is 6.25. The van der Waals surface area contributed by atoms with Crippen LogP contribution in [0.1, 0.15) is 37.9 Å². The third kappa shape index (κ3) is 7.93. The van der Waals surface area contributed by atoms with Gasteiger partial charge in [0.05, 0.1) is 22.6 Å². The SMILES string of the molecule is CC(C)Cc1c(Cl)cnc2cc(Cn3cccc(NC(=O)C(CC/C=C/C(=O)N(C)C)NC(=O)O)c3=O)[nH]c12. The van der Waals surface area contributed by atoms with E-state index in [0.717, 1.165) is 28.7 Å². The number of anilines is 1. The van der Waals surface area contributed by atoms with Gasteiger partial charge in [0.25, 0.3) is 5.56 Å². The number of nitrogens with zero attached hydrogens (tertiary/aromatic N) is 3. The van der Waals surface area contributed by atoms with Gasteiger partial charge in [-0.15, -0.1) is 0 Å². The Morgan fingerprint density at radius 1 is 1.28 bits per heavy atom. The van der Waals surface area contributed by atoms with Crippen LogP contribution in [0.25, 0.3) is 11.0 Å². The van der Waals surface area contributed by atoms with Crippen LogP contribution < -0.4 is 16.2 Å². The molecule has 0 aliphatic rings. The Morgan fingerprint density at radius 3 is 2.69 bits per heavy atom. The number of H-pyrrole nitrogens is 1. The van der Waals surface area contributed by atoms with Crippen molar-refractivity contribution in [2.45, 2.75) is 45.7 Å². The molecule has 0 aromatic carbocycles. The molecule has 0 bridgehead atoms. The van der Waals surface area contributed by atoms with Crippen molar-refractivity contribution in [3.8, 4) is 0 Å². The molecule has 39 heavy (non-hydrogen) atoms. The van der Waals surface area contributed by atoms with Crippen molar-refractivity contribution in [3.63, 3.8) is 0 Å². The van der Waals surface area contributed by atoms with E-state index in [-0.39, 0.29) is 31.0 Å². The topological polar surface area (TPSA) is 149 Å². The van der Waals surface area contributed by atoms with E-state index >= 15 is 0 Å². The van der Waals surface area contributed by atoms with Crippen LogP contribution in [-0.2, 0) is 22.6 Å². The minimum Gasteiger partial charge on any atom is -0.465 e. The van der Waals surface area contributed by atoms with Crippen molar-refractivity contribution in [2.75, 3.05) is 19.4 Å². The molecule has 1 atom stereocenters. The first-order valence-corrected chi connectivity index (χ1v) is 12.9. The van der Waals surface area contributed by atoms with Gasteiger partial charge in [-0.05, 0) is 55.0 Å². The number of fused-ring (bicyclic) bond motifs is 1. The number of pyridine rings is 2.